The van der Waals surface area contributed by atoms with Gasteiger partial charge >= 0.3 is 0 Å². The van der Waals surface area contributed by atoms with Crippen molar-refractivity contribution >= 4 is 6.20 Å². The Morgan fingerprint density at radius 2 is 2.17 bits per heavy atom. The molecule has 1 rings (SSSR count). The largest absolute Gasteiger partial charge is 0.290 e. The Balaban J connectivity index is 3.43. The monoisotopic (exact) mass is 163 g/mol. The molecule has 0 saturated heterocycles. The van der Waals surface area contributed by atoms with Gasteiger partial charge in [0.1, 0.15) is 11.3 Å². The predicted octanol–water partition coefficient (Wildman–Crippen LogP) is 1.47. The third-order valence-electron chi connectivity index (χ3n) is 1.71. The third kappa shape index (κ3) is 1.44. The molecule has 0 spiro atoms. The quantitative estimate of drug-likeness (QED) is 0.669. The summed E-state index contributed by atoms with van der Waals surface area (Å²) in [4.78, 5) is 4.15. The van der Waals surface area contributed by atoms with Crippen LogP contribution in [-0.4, -0.2) is 9.55 Å². The average Bonchev–Trinajstić information content (AvgIpc) is 2.06. The minimum atomic E-state index is 0.501. The normalized spacial score (nSPS) is 10.9. The summed E-state index contributed by atoms with van der Waals surface area (Å²) in [5, 5.41) is 7.71. The molecule has 0 fully saturated rings. The predicted molar refractivity (Wildman–Crippen MR) is 48.6 cm³/mol. The second-order valence-electron chi connectivity index (χ2n) is 2.69. The van der Waals surface area contributed by atoms with E-state index in [1.807, 2.05) is 33.0 Å². The minimum Gasteiger partial charge on any atom is -0.290 e. The van der Waals surface area contributed by atoms with E-state index in [2.05, 4.69) is 4.98 Å². The Kier molecular flexibility index (Phi) is 2.43. The van der Waals surface area contributed by atoms with E-state index >= 15 is 0 Å². The van der Waals surface area contributed by atoms with Crippen LogP contribution in [0.5, 0.6) is 0 Å². The molecule has 0 aliphatic heterocycles. The summed E-state index contributed by atoms with van der Waals surface area (Å²) in [5.41, 5.74) is 1.39. The lowest BCUT2D eigenvalue weighted by atomic mass is 10.3. The van der Waals surface area contributed by atoms with Crippen molar-refractivity contribution in [1.82, 2.24) is 9.55 Å². The standard InChI is InChI=1S/C9H13N3/c1-4-5-12-8(3)11-6-7(2)9(12)10/h4-6,10H,1-3H3. The highest BCUT2D eigenvalue weighted by Gasteiger charge is 1.96. The maximum absolute atomic E-state index is 7.71. The maximum Gasteiger partial charge on any atom is 0.134 e. The van der Waals surface area contributed by atoms with Crippen molar-refractivity contribution in [1.29, 1.82) is 5.41 Å². The zero-order chi connectivity index (χ0) is 9.14. The smallest absolute Gasteiger partial charge is 0.134 e. The highest BCUT2D eigenvalue weighted by atomic mass is 15.0. The SMILES string of the molecule is CC=Cn1c(C)ncc(C)c1=N. The zero-order valence-corrected chi connectivity index (χ0v) is 7.63. The van der Waals surface area contributed by atoms with E-state index in [-0.39, 0.29) is 0 Å². The first-order chi connectivity index (χ1) is 5.66. The van der Waals surface area contributed by atoms with E-state index in [0.29, 0.717) is 5.49 Å². The highest BCUT2D eigenvalue weighted by molar-refractivity contribution is 5.24. The van der Waals surface area contributed by atoms with Gasteiger partial charge in [-0.05, 0) is 20.8 Å². The fourth-order valence-corrected chi connectivity index (χ4v) is 0.997. The molecule has 0 amide bonds. The molecule has 1 N–H and O–H groups in total. The van der Waals surface area contributed by atoms with Crippen LogP contribution in [0.15, 0.2) is 12.3 Å². The van der Waals surface area contributed by atoms with Gasteiger partial charge in [-0.3, -0.25) is 9.98 Å². The van der Waals surface area contributed by atoms with Crippen molar-refractivity contribution < 1.29 is 0 Å². The summed E-state index contributed by atoms with van der Waals surface area (Å²) in [6.45, 7) is 5.69. The average molecular weight is 163 g/mol. The van der Waals surface area contributed by atoms with E-state index in [9.17, 15) is 0 Å². The van der Waals surface area contributed by atoms with E-state index < -0.39 is 0 Å². The third-order valence-corrected chi connectivity index (χ3v) is 1.71. The fourth-order valence-electron chi connectivity index (χ4n) is 0.997. The first kappa shape index (κ1) is 8.71. The van der Waals surface area contributed by atoms with Crippen LogP contribution in [0, 0.1) is 19.3 Å². The zero-order valence-electron chi connectivity index (χ0n) is 7.63. The molecule has 3 heteroatoms. The summed E-state index contributed by atoms with van der Waals surface area (Å²) in [6.07, 6.45) is 5.46. The van der Waals surface area contributed by atoms with Gasteiger partial charge in [0.2, 0.25) is 0 Å². The number of hydrogen-bond donors (Lipinski definition) is 1. The van der Waals surface area contributed by atoms with Gasteiger partial charge in [0.25, 0.3) is 0 Å². The molecule has 1 heterocycles. The summed E-state index contributed by atoms with van der Waals surface area (Å²) in [5.74, 6) is 0.837. The van der Waals surface area contributed by atoms with Crippen LogP contribution in [0.2, 0.25) is 0 Å². The second-order valence-corrected chi connectivity index (χ2v) is 2.69. The first-order valence-electron chi connectivity index (χ1n) is 3.89. The maximum atomic E-state index is 7.71. The van der Waals surface area contributed by atoms with Gasteiger partial charge in [-0.2, -0.15) is 0 Å². The molecule has 0 saturated carbocycles. The van der Waals surface area contributed by atoms with E-state index in [1.54, 1.807) is 10.8 Å². The first-order valence-corrected chi connectivity index (χ1v) is 3.89. The Morgan fingerprint density at radius 1 is 1.50 bits per heavy atom. The Labute approximate surface area is 71.9 Å². The number of hydrogen-bond acceptors (Lipinski definition) is 2. The Bertz CT molecular complexity index is 361. The van der Waals surface area contributed by atoms with Crippen molar-refractivity contribution in [2.75, 3.05) is 0 Å². The number of allylic oxidation sites excluding steroid dienone is 1. The Hall–Kier alpha value is -1.38. The van der Waals surface area contributed by atoms with Crippen LogP contribution in [0.4, 0.5) is 0 Å². The van der Waals surface area contributed by atoms with Gasteiger partial charge < -0.3 is 0 Å². The molecule has 1 aromatic rings. The summed E-state index contributed by atoms with van der Waals surface area (Å²) in [6, 6.07) is 0. The van der Waals surface area contributed by atoms with Crippen LogP contribution in [0.1, 0.15) is 18.3 Å². The van der Waals surface area contributed by atoms with E-state index in [0.717, 1.165) is 11.4 Å². The summed E-state index contributed by atoms with van der Waals surface area (Å²) >= 11 is 0. The van der Waals surface area contributed by atoms with E-state index in [4.69, 9.17) is 5.41 Å². The van der Waals surface area contributed by atoms with Crippen molar-refractivity contribution in [2.45, 2.75) is 20.8 Å². The van der Waals surface area contributed by atoms with Gasteiger partial charge in [-0.15, -0.1) is 0 Å². The molecular weight excluding hydrogens is 150 g/mol. The number of aromatic nitrogens is 2. The van der Waals surface area contributed by atoms with Gasteiger partial charge in [0.05, 0.1) is 0 Å². The summed E-state index contributed by atoms with van der Waals surface area (Å²) < 4.78 is 1.76. The van der Waals surface area contributed by atoms with Crippen molar-refractivity contribution in [3.63, 3.8) is 0 Å². The van der Waals surface area contributed by atoms with Crippen LogP contribution in [0.25, 0.3) is 6.20 Å². The fraction of sp³-hybridized carbons (Fsp3) is 0.333. The lowest BCUT2D eigenvalue weighted by molar-refractivity contribution is 0.850. The molecule has 0 aromatic carbocycles. The van der Waals surface area contributed by atoms with Gasteiger partial charge in [-0.25, -0.2) is 4.98 Å². The molecule has 0 aliphatic rings. The number of nitrogens with one attached hydrogen (secondary N) is 1. The number of aryl methyl sites for hydroxylation is 2. The molecule has 0 aliphatic carbocycles. The lowest BCUT2D eigenvalue weighted by Crippen LogP contribution is -2.21. The van der Waals surface area contributed by atoms with Crippen molar-refractivity contribution in [2.24, 2.45) is 0 Å². The second kappa shape index (κ2) is 3.34. The van der Waals surface area contributed by atoms with Crippen molar-refractivity contribution in [3.8, 4) is 0 Å². The minimum absolute atomic E-state index is 0.501. The highest BCUT2D eigenvalue weighted by Crippen LogP contribution is 1.92. The van der Waals surface area contributed by atoms with Gasteiger partial charge in [0, 0.05) is 18.0 Å². The van der Waals surface area contributed by atoms with Crippen molar-refractivity contribution in [3.05, 3.63) is 29.1 Å². The molecule has 12 heavy (non-hydrogen) atoms. The molecule has 1 aromatic heterocycles. The van der Waals surface area contributed by atoms with Crippen LogP contribution in [0.3, 0.4) is 0 Å². The van der Waals surface area contributed by atoms with Crippen LogP contribution >= 0.6 is 0 Å². The molecule has 3 nitrogen and oxygen atoms in total. The molecule has 0 atom stereocenters. The molecular formula is C9H13N3. The molecule has 64 valence electrons. The van der Waals surface area contributed by atoms with Gasteiger partial charge in [-0.1, -0.05) is 6.08 Å². The number of nitrogens with zero attached hydrogens (tertiary/aromatic N) is 2. The van der Waals surface area contributed by atoms with Crippen LogP contribution in [-0.2, 0) is 0 Å². The lowest BCUT2D eigenvalue weighted by Gasteiger charge is -2.05. The van der Waals surface area contributed by atoms with Gasteiger partial charge in [0.15, 0.2) is 0 Å². The van der Waals surface area contributed by atoms with E-state index in [1.165, 1.54) is 0 Å². The molecule has 0 radical (unpaired) electrons. The molecule has 0 unspecified atom stereocenters. The summed E-state index contributed by atoms with van der Waals surface area (Å²) in [7, 11) is 0. The number of rotatable bonds is 1. The molecule has 0 bridgehead atoms. The Morgan fingerprint density at radius 3 is 2.75 bits per heavy atom. The topological polar surface area (TPSA) is 41.7 Å². The van der Waals surface area contributed by atoms with Crippen LogP contribution < -0.4 is 5.49 Å².